The van der Waals surface area contributed by atoms with Crippen molar-refractivity contribution < 1.29 is 0 Å². The topological polar surface area (TPSA) is 0 Å². The predicted molar refractivity (Wildman–Crippen MR) is 48.4 cm³/mol. The summed E-state index contributed by atoms with van der Waals surface area (Å²) in [6.45, 7) is 4.37. The molecule has 0 amide bonds. The Bertz CT molecular complexity index is 61.7. The molecule has 0 fully saturated rings. The summed E-state index contributed by atoms with van der Waals surface area (Å²) >= 11 is 5.63. The molecule has 61 valence electrons. The smallest absolute Gasteiger partial charge is 0.0282 e. The van der Waals surface area contributed by atoms with Crippen molar-refractivity contribution in [1.82, 2.24) is 0 Å². The van der Waals surface area contributed by atoms with Crippen LogP contribution in [0.15, 0.2) is 0 Å². The van der Waals surface area contributed by atoms with E-state index < -0.39 is 0 Å². The Morgan fingerprint density at radius 3 is 2.40 bits per heavy atom. The molecule has 0 bridgehead atoms. The van der Waals surface area contributed by atoms with Gasteiger partial charge in [-0.3, -0.25) is 0 Å². The minimum Gasteiger partial charge on any atom is -0.126 e. The zero-order valence-corrected chi connectivity index (χ0v) is 7.88. The van der Waals surface area contributed by atoms with Gasteiger partial charge in [-0.1, -0.05) is 39.5 Å². The Morgan fingerprint density at radius 1 is 1.20 bits per heavy atom. The standard InChI is InChI=1S/C9H18Cl/c1-3-4-5-6-7-9(2)8-10/h3-8H2,1-2H3. The van der Waals surface area contributed by atoms with E-state index in [4.69, 9.17) is 11.6 Å². The molecule has 0 unspecified atom stereocenters. The SMILES string of the molecule is CCCCCC[C](C)CCl. The fraction of sp³-hybridized carbons (Fsp3) is 0.889. The lowest BCUT2D eigenvalue weighted by molar-refractivity contribution is 0.641. The highest BCUT2D eigenvalue weighted by molar-refractivity contribution is 6.19. The summed E-state index contributed by atoms with van der Waals surface area (Å²) in [6, 6.07) is 0. The fourth-order valence-corrected chi connectivity index (χ4v) is 1.05. The second-order valence-electron chi connectivity index (χ2n) is 2.90. The highest BCUT2D eigenvalue weighted by Gasteiger charge is 1.98. The minimum absolute atomic E-state index is 0.742. The van der Waals surface area contributed by atoms with Gasteiger partial charge in [-0.15, -0.1) is 11.6 Å². The van der Waals surface area contributed by atoms with Gasteiger partial charge in [0.05, 0.1) is 0 Å². The van der Waals surface area contributed by atoms with E-state index >= 15 is 0 Å². The molecule has 10 heavy (non-hydrogen) atoms. The first kappa shape index (κ1) is 10.3. The van der Waals surface area contributed by atoms with E-state index in [0.29, 0.717) is 0 Å². The normalized spacial score (nSPS) is 10.8. The van der Waals surface area contributed by atoms with E-state index in [0.717, 1.165) is 5.88 Å². The van der Waals surface area contributed by atoms with Crippen LogP contribution in [-0.2, 0) is 0 Å². The third-order valence-electron chi connectivity index (χ3n) is 1.69. The van der Waals surface area contributed by atoms with Gasteiger partial charge < -0.3 is 0 Å². The van der Waals surface area contributed by atoms with Crippen molar-refractivity contribution in [3.8, 4) is 0 Å². The molecule has 1 radical (unpaired) electrons. The van der Waals surface area contributed by atoms with E-state index in [1.165, 1.54) is 38.0 Å². The van der Waals surface area contributed by atoms with Crippen LogP contribution < -0.4 is 0 Å². The number of halogens is 1. The maximum atomic E-state index is 5.63. The average Bonchev–Trinajstić information content (AvgIpc) is 1.98. The fourth-order valence-electron chi connectivity index (χ4n) is 0.920. The molecule has 0 saturated carbocycles. The van der Waals surface area contributed by atoms with Gasteiger partial charge in [-0.2, -0.15) is 0 Å². The van der Waals surface area contributed by atoms with Crippen LogP contribution in [0.5, 0.6) is 0 Å². The Labute approximate surface area is 70.0 Å². The maximum absolute atomic E-state index is 5.63. The van der Waals surface area contributed by atoms with Crippen LogP contribution in [0.25, 0.3) is 0 Å². The molecule has 0 aromatic rings. The summed E-state index contributed by atoms with van der Waals surface area (Å²) in [4.78, 5) is 0. The van der Waals surface area contributed by atoms with Gasteiger partial charge >= 0.3 is 0 Å². The second-order valence-corrected chi connectivity index (χ2v) is 3.17. The van der Waals surface area contributed by atoms with Gasteiger partial charge in [-0.25, -0.2) is 0 Å². The monoisotopic (exact) mass is 161 g/mol. The Hall–Kier alpha value is 0.290. The van der Waals surface area contributed by atoms with E-state index in [2.05, 4.69) is 13.8 Å². The highest BCUT2D eigenvalue weighted by Crippen LogP contribution is 2.12. The van der Waals surface area contributed by atoms with Gasteiger partial charge in [0, 0.05) is 5.88 Å². The molecule has 0 aromatic carbocycles. The molecule has 0 nitrogen and oxygen atoms in total. The Balaban J connectivity index is 2.89. The number of rotatable bonds is 6. The van der Waals surface area contributed by atoms with Crippen LogP contribution in [0.1, 0.15) is 46.0 Å². The van der Waals surface area contributed by atoms with Crippen LogP contribution in [0.4, 0.5) is 0 Å². The largest absolute Gasteiger partial charge is 0.126 e. The minimum atomic E-state index is 0.742. The molecule has 0 aliphatic carbocycles. The van der Waals surface area contributed by atoms with Crippen molar-refractivity contribution >= 4 is 11.6 Å². The lowest BCUT2D eigenvalue weighted by atomic mass is 10.0. The molecule has 0 spiro atoms. The van der Waals surface area contributed by atoms with Gasteiger partial charge in [0.15, 0.2) is 0 Å². The van der Waals surface area contributed by atoms with Gasteiger partial charge in [0.2, 0.25) is 0 Å². The average molecular weight is 162 g/mol. The van der Waals surface area contributed by atoms with E-state index in [1.807, 2.05) is 0 Å². The molecule has 0 rings (SSSR count). The summed E-state index contributed by atoms with van der Waals surface area (Å²) in [5.74, 6) is 2.17. The van der Waals surface area contributed by atoms with Crippen LogP contribution in [0.2, 0.25) is 0 Å². The second kappa shape index (κ2) is 7.40. The van der Waals surface area contributed by atoms with E-state index in [9.17, 15) is 0 Å². The highest BCUT2D eigenvalue weighted by atomic mass is 35.5. The lowest BCUT2D eigenvalue weighted by Crippen LogP contribution is -1.92. The maximum Gasteiger partial charge on any atom is 0.0282 e. The van der Waals surface area contributed by atoms with E-state index in [1.54, 1.807) is 0 Å². The van der Waals surface area contributed by atoms with Crippen LogP contribution in [0, 0.1) is 5.92 Å². The third-order valence-corrected chi connectivity index (χ3v) is 2.14. The van der Waals surface area contributed by atoms with Crippen LogP contribution in [0.3, 0.4) is 0 Å². The number of hydrogen-bond donors (Lipinski definition) is 0. The molecule has 0 heterocycles. The first-order valence-corrected chi connectivity index (χ1v) is 4.72. The van der Waals surface area contributed by atoms with E-state index in [-0.39, 0.29) is 0 Å². The Morgan fingerprint density at radius 2 is 1.90 bits per heavy atom. The molecular weight excluding hydrogens is 144 g/mol. The molecule has 0 aliphatic rings. The zero-order chi connectivity index (χ0) is 7.82. The van der Waals surface area contributed by atoms with Crippen molar-refractivity contribution in [2.75, 3.05) is 5.88 Å². The predicted octanol–water partition coefficient (Wildman–Crippen LogP) is 3.79. The quantitative estimate of drug-likeness (QED) is 0.411. The molecule has 0 saturated heterocycles. The molecule has 1 heteroatoms. The summed E-state index contributed by atoms with van der Waals surface area (Å²) in [7, 11) is 0. The number of unbranched alkanes of at least 4 members (excludes halogenated alkanes) is 3. The molecule has 0 aromatic heterocycles. The Kier molecular flexibility index (Phi) is 7.61. The number of alkyl halides is 1. The van der Waals surface area contributed by atoms with Crippen molar-refractivity contribution in [1.29, 1.82) is 0 Å². The van der Waals surface area contributed by atoms with Crippen LogP contribution >= 0.6 is 11.6 Å². The van der Waals surface area contributed by atoms with Crippen molar-refractivity contribution in [2.45, 2.75) is 46.0 Å². The summed E-state index contributed by atoms with van der Waals surface area (Å²) < 4.78 is 0. The van der Waals surface area contributed by atoms with Crippen LogP contribution in [-0.4, -0.2) is 5.88 Å². The van der Waals surface area contributed by atoms with Gasteiger partial charge in [-0.05, 0) is 12.3 Å². The van der Waals surface area contributed by atoms with Gasteiger partial charge in [0.1, 0.15) is 0 Å². The summed E-state index contributed by atoms with van der Waals surface area (Å²) in [6.07, 6.45) is 6.61. The molecule has 0 N–H and O–H groups in total. The molecule has 0 aliphatic heterocycles. The lowest BCUT2D eigenvalue weighted by Gasteiger charge is -2.04. The third kappa shape index (κ3) is 6.41. The first-order valence-electron chi connectivity index (χ1n) is 4.18. The zero-order valence-electron chi connectivity index (χ0n) is 7.12. The summed E-state index contributed by atoms with van der Waals surface area (Å²) in [5, 5.41) is 0. The summed E-state index contributed by atoms with van der Waals surface area (Å²) in [5.41, 5.74) is 0. The van der Waals surface area contributed by atoms with Crippen molar-refractivity contribution in [2.24, 2.45) is 0 Å². The van der Waals surface area contributed by atoms with Crippen molar-refractivity contribution in [3.05, 3.63) is 5.92 Å². The first-order chi connectivity index (χ1) is 4.81. The van der Waals surface area contributed by atoms with Crippen molar-refractivity contribution in [3.63, 3.8) is 0 Å². The molecule has 0 atom stereocenters. The molecular formula is C9H18Cl. The number of hydrogen-bond acceptors (Lipinski definition) is 0. The van der Waals surface area contributed by atoms with Gasteiger partial charge in [0.25, 0.3) is 0 Å².